The SMILES string of the molecule is CS(=O)(=O)O[C@@H](CO)[C@H](CO)OS(C)(=O)=O. The molecule has 0 fully saturated rings. The Hall–Kier alpha value is -0.260. The average molecular weight is 278 g/mol. The molecule has 0 unspecified atom stereocenters. The smallest absolute Gasteiger partial charge is 0.264 e. The second-order valence-electron chi connectivity index (χ2n) is 3.04. The highest BCUT2D eigenvalue weighted by molar-refractivity contribution is 7.86. The molecule has 0 bridgehead atoms. The summed E-state index contributed by atoms with van der Waals surface area (Å²) >= 11 is 0. The maximum atomic E-state index is 10.8. The van der Waals surface area contributed by atoms with E-state index in [9.17, 15) is 16.8 Å². The highest BCUT2D eigenvalue weighted by Crippen LogP contribution is 2.09. The summed E-state index contributed by atoms with van der Waals surface area (Å²) in [5, 5.41) is 17.6. The number of hydrogen-bond donors (Lipinski definition) is 2. The third kappa shape index (κ3) is 7.09. The molecule has 98 valence electrons. The normalized spacial score (nSPS) is 17.0. The molecule has 2 atom stereocenters. The molecule has 0 heterocycles. The lowest BCUT2D eigenvalue weighted by Gasteiger charge is -2.21. The lowest BCUT2D eigenvalue weighted by atomic mass is 10.2. The van der Waals surface area contributed by atoms with E-state index in [1.807, 2.05) is 0 Å². The molecule has 0 aliphatic carbocycles. The van der Waals surface area contributed by atoms with Crippen molar-refractivity contribution in [1.82, 2.24) is 0 Å². The number of rotatable bonds is 7. The molecule has 8 nitrogen and oxygen atoms in total. The van der Waals surface area contributed by atoms with Crippen molar-refractivity contribution < 1.29 is 35.4 Å². The third-order valence-electron chi connectivity index (χ3n) is 1.37. The summed E-state index contributed by atoms with van der Waals surface area (Å²) in [7, 11) is -7.78. The molecule has 0 radical (unpaired) electrons. The standard InChI is InChI=1S/C6H14O8S2/c1-15(9,10)13-5(3-7)6(4-8)14-16(2,11)12/h5-8H,3-4H2,1-2H3/t5-,6-/m0/s1. The summed E-state index contributed by atoms with van der Waals surface area (Å²) in [5.41, 5.74) is 0. The monoisotopic (exact) mass is 278 g/mol. The number of aliphatic hydroxyl groups excluding tert-OH is 2. The molecule has 0 aliphatic heterocycles. The molecule has 2 N–H and O–H groups in total. The van der Waals surface area contributed by atoms with Gasteiger partial charge in [0.15, 0.2) is 0 Å². The van der Waals surface area contributed by atoms with Gasteiger partial charge in [0.1, 0.15) is 12.2 Å². The van der Waals surface area contributed by atoms with Crippen LogP contribution in [-0.2, 0) is 28.6 Å². The maximum absolute atomic E-state index is 10.8. The van der Waals surface area contributed by atoms with Crippen LogP contribution in [0.1, 0.15) is 0 Å². The average Bonchev–Trinajstić information content (AvgIpc) is 2.07. The van der Waals surface area contributed by atoms with Gasteiger partial charge in [-0.25, -0.2) is 0 Å². The van der Waals surface area contributed by atoms with Gasteiger partial charge in [-0.1, -0.05) is 0 Å². The molecular formula is C6H14O8S2. The minimum atomic E-state index is -3.89. The van der Waals surface area contributed by atoms with Crippen LogP contribution in [0, 0.1) is 0 Å². The van der Waals surface area contributed by atoms with Crippen molar-refractivity contribution in [3.05, 3.63) is 0 Å². The molecule has 0 saturated heterocycles. The summed E-state index contributed by atoms with van der Waals surface area (Å²) < 4.78 is 51.8. The zero-order chi connectivity index (χ0) is 13.0. The summed E-state index contributed by atoms with van der Waals surface area (Å²) in [6, 6.07) is 0. The maximum Gasteiger partial charge on any atom is 0.264 e. The highest BCUT2D eigenvalue weighted by atomic mass is 32.2. The van der Waals surface area contributed by atoms with E-state index in [2.05, 4.69) is 8.37 Å². The Morgan fingerprint density at radius 1 is 0.875 bits per heavy atom. The Morgan fingerprint density at radius 3 is 1.25 bits per heavy atom. The Labute approximate surface area is 94.0 Å². The van der Waals surface area contributed by atoms with E-state index in [0.717, 1.165) is 12.5 Å². The van der Waals surface area contributed by atoms with Crippen molar-refractivity contribution in [2.75, 3.05) is 25.7 Å². The summed E-state index contributed by atoms with van der Waals surface area (Å²) in [6.45, 7) is -1.62. The second-order valence-corrected chi connectivity index (χ2v) is 6.24. The van der Waals surface area contributed by atoms with Crippen LogP contribution in [-0.4, -0.2) is 65.0 Å². The Morgan fingerprint density at radius 2 is 1.12 bits per heavy atom. The first-order chi connectivity index (χ1) is 7.09. The molecule has 0 spiro atoms. The fourth-order valence-electron chi connectivity index (χ4n) is 0.869. The van der Waals surface area contributed by atoms with Gasteiger partial charge in [0.25, 0.3) is 20.2 Å². The summed E-state index contributed by atoms with van der Waals surface area (Å²) in [5.74, 6) is 0. The molecule has 0 aliphatic rings. The predicted octanol–water partition coefficient (Wildman–Crippen LogP) is -2.34. The van der Waals surface area contributed by atoms with E-state index in [4.69, 9.17) is 10.2 Å². The molecule has 0 saturated carbocycles. The second kappa shape index (κ2) is 5.89. The Balaban J connectivity index is 4.77. The third-order valence-corrected chi connectivity index (χ3v) is 2.56. The van der Waals surface area contributed by atoms with Gasteiger partial charge in [0, 0.05) is 0 Å². The van der Waals surface area contributed by atoms with E-state index < -0.39 is 45.7 Å². The van der Waals surface area contributed by atoms with Gasteiger partial charge in [-0.05, 0) is 0 Å². The Kier molecular flexibility index (Phi) is 5.79. The minimum absolute atomic E-state index is 0.727. The fourth-order valence-corrected chi connectivity index (χ4v) is 2.14. The van der Waals surface area contributed by atoms with Crippen LogP contribution in [0.2, 0.25) is 0 Å². The van der Waals surface area contributed by atoms with Crippen molar-refractivity contribution in [2.24, 2.45) is 0 Å². The molecule has 0 aromatic rings. The van der Waals surface area contributed by atoms with Crippen LogP contribution in [0.4, 0.5) is 0 Å². The van der Waals surface area contributed by atoms with E-state index in [-0.39, 0.29) is 0 Å². The summed E-state index contributed by atoms with van der Waals surface area (Å²) in [4.78, 5) is 0. The van der Waals surface area contributed by atoms with Crippen LogP contribution in [0.3, 0.4) is 0 Å². The lowest BCUT2D eigenvalue weighted by molar-refractivity contribution is -0.00445. The molecule has 0 rings (SSSR count). The van der Waals surface area contributed by atoms with Gasteiger partial charge in [0.05, 0.1) is 25.7 Å². The van der Waals surface area contributed by atoms with Gasteiger partial charge in [-0.2, -0.15) is 16.8 Å². The zero-order valence-electron chi connectivity index (χ0n) is 8.73. The number of aliphatic hydroxyl groups is 2. The molecule has 0 aromatic carbocycles. The van der Waals surface area contributed by atoms with E-state index in [1.54, 1.807) is 0 Å². The highest BCUT2D eigenvalue weighted by Gasteiger charge is 2.28. The van der Waals surface area contributed by atoms with Crippen LogP contribution in [0.25, 0.3) is 0 Å². The van der Waals surface area contributed by atoms with Crippen LogP contribution in [0.5, 0.6) is 0 Å². The molecule has 0 amide bonds. The van der Waals surface area contributed by atoms with Gasteiger partial charge in [0.2, 0.25) is 0 Å². The minimum Gasteiger partial charge on any atom is -0.394 e. The van der Waals surface area contributed by atoms with Crippen molar-refractivity contribution in [2.45, 2.75) is 12.2 Å². The zero-order valence-corrected chi connectivity index (χ0v) is 10.4. The van der Waals surface area contributed by atoms with Crippen molar-refractivity contribution in [3.8, 4) is 0 Å². The number of hydrogen-bond acceptors (Lipinski definition) is 8. The van der Waals surface area contributed by atoms with Crippen molar-refractivity contribution >= 4 is 20.2 Å². The summed E-state index contributed by atoms with van der Waals surface area (Å²) in [6.07, 6.45) is -1.50. The lowest BCUT2D eigenvalue weighted by Crippen LogP contribution is -2.40. The first-order valence-electron chi connectivity index (χ1n) is 4.07. The van der Waals surface area contributed by atoms with Gasteiger partial charge in [-0.15, -0.1) is 0 Å². The largest absolute Gasteiger partial charge is 0.394 e. The molecule has 0 aromatic heterocycles. The quantitative estimate of drug-likeness (QED) is 0.496. The molecular weight excluding hydrogens is 264 g/mol. The van der Waals surface area contributed by atoms with Crippen LogP contribution in [0.15, 0.2) is 0 Å². The van der Waals surface area contributed by atoms with E-state index in [1.165, 1.54) is 0 Å². The molecule has 10 heteroatoms. The first kappa shape index (κ1) is 15.7. The van der Waals surface area contributed by atoms with Gasteiger partial charge < -0.3 is 10.2 Å². The van der Waals surface area contributed by atoms with Crippen molar-refractivity contribution in [1.29, 1.82) is 0 Å². The van der Waals surface area contributed by atoms with Crippen molar-refractivity contribution in [3.63, 3.8) is 0 Å². The van der Waals surface area contributed by atoms with Crippen LogP contribution >= 0.6 is 0 Å². The van der Waals surface area contributed by atoms with Gasteiger partial charge >= 0.3 is 0 Å². The molecule has 16 heavy (non-hydrogen) atoms. The fraction of sp³-hybridized carbons (Fsp3) is 1.00. The van der Waals surface area contributed by atoms with E-state index in [0.29, 0.717) is 0 Å². The van der Waals surface area contributed by atoms with Gasteiger partial charge in [-0.3, -0.25) is 8.37 Å². The predicted molar refractivity (Wildman–Crippen MR) is 53.6 cm³/mol. The first-order valence-corrected chi connectivity index (χ1v) is 7.70. The topological polar surface area (TPSA) is 127 Å². The van der Waals surface area contributed by atoms with Crippen LogP contribution < -0.4 is 0 Å². The van der Waals surface area contributed by atoms with E-state index >= 15 is 0 Å². The Bertz CT molecular complexity index is 356.